The fraction of sp³-hybridized carbons (Fsp3) is 0.368. The van der Waals surface area contributed by atoms with Gasteiger partial charge in [-0.05, 0) is 56.9 Å². The van der Waals surface area contributed by atoms with E-state index in [0.717, 1.165) is 17.7 Å². The van der Waals surface area contributed by atoms with Crippen LogP contribution in [-0.2, 0) is 12.0 Å². The van der Waals surface area contributed by atoms with Crippen molar-refractivity contribution in [1.29, 1.82) is 0 Å². The zero-order valence-electron chi connectivity index (χ0n) is 13.7. The molecule has 0 spiro atoms. The molecule has 0 aliphatic carbocycles. The minimum Gasteiger partial charge on any atom is -0.496 e. The number of rotatable bonds is 4. The maximum atomic E-state index is 6.64. The molecule has 0 heterocycles. The van der Waals surface area contributed by atoms with Crippen LogP contribution < -0.4 is 10.5 Å². The quantitative estimate of drug-likeness (QED) is 0.919. The fourth-order valence-electron chi connectivity index (χ4n) is 3.07. The van der Waals surface area contributed by atoms with E-state index in [2.05, 4.69) is 45.9 Å². The van der Waals surface area contributed by atoms with Crippen LogP contribution in [0.3, 0.4) is 0 Å². The maximum Gasteiger partial charge on any atom is 0.123 e. The number of ether oxygens (including phenoxy) is 1. The normalized spacial score (nSPS) is 13.8. The molecule has 2 aromatic rings. The average molecular weight is 283 g/mol. The molecule has 0 aromatic heterocycles. The zero-order valence-corrected chi connectivity index (χ0v) is 13.7. The topological polar surface area (TPSA) is 35.2 Å². The Bertz CT molecular complexity index is 621. The number of hydrogen-bond acceptors (Lipinski definition) is 2. The Kier molecular flexibility index (Phi) is 4.38. The first-order valence-corrected chi connectivity index (χ1v) is 7.34. The van der Waals surface area contributed by atoms with Gasteiger partial charge in [-0.25, -0.2) is 0 Å². The first-order chi connectivity index (χ1) is 9.85. The Hall–Kier alpha value is -1.80. The van der Waals surface area contributed by atoms with Crippen molar-refractivity contribution < 1.29 is 4.74 Å². The van der Waals surface area contributed by atoms with E-state index in [9.17, 15) is 0 Å². The molecule has 2 heteroatoms. The highest BCUT2D eigenvalue weighted by molar-refractivity contribution is 5.43. The van der Waals surface area contributed by atoms with E-state index in [4.69, 9.17) is 10.5 Å². The Morgan fingerprint density at radius 2 is 1.62 bits per heavy atom. The molecule has 0 saturated carbocycles. The second-order valence-electron chi connectivity index (χ2n) is 6.17. The van der Waals surface area contributed by atoms with Crippen molar-refractivity contribution in [2.24, 2.45) is 5.73 Å². The van der Waals surface area contributed by atoms with Crippen LogP contribution in [0.25, 0.3) is 0 Å². The lowest BCUT2D eigenvalue weighted by molar-refractivity contribution is 0.386. The third-order valence-corrected chi connectivity index (χ3v) is 4.11. The Labute approximate surface area is 127 Å². The average Bonchev–Trinajstić information content (AvgIpc) is 2.43. The van der Waals surface area contributed by atoms with Crippen molar-refractivity contribution in [3.8, 4) is 5.75 Å². The summed E-state index contributed by atoms with van der Waals surface area (Å²) in [4.78, 5) is 0. The highest BCUT2D eigenvalue weighted by Gasteiger charge is 2.26. The highest BCUT2D eigenvalue weighted by atomic mass is 16.5. The molecule has 0 aliphatic heterocycles. The lowest BCUT2D eigenvalue weighted by atomic mass is 9.83. The van der Waals surface area contributed by atoms with Crippen molar-refractivity contribution in [3.05, 3.63) is 64.2 Å². The Morgan fingerprint density at radius 3 is 2.19 bits per heavy atom. The van der Waals surface area contributed by atoms with Crippen molar-refractivity contribution in [2.75, 3.05) is 7.11 Å². The minimum atomic E-state index is -0.461. The number of methoxy groups -OCH3 is 1. The summed E-state index contributed by atoms with van der Waals surface area (Å²) < 4.78 is 5.47. The predicted molar refractivity (Wildman–Crippen MR) is 88.9 cm³/mol. The summed E-state index contributed by atoms with van der Waals surface area (Å²) in [5.41, 5.74) is 12.5. The fourth-order valence-corrected chi connectivity index (χ4v) is 3.07. The van der Waals surface area contributed by atoms with E-state index in [1.807, 2.05) is 18.2 Å². The molecular weight excluding hydrogens is 258 g/mol. The van der Waals surface area contributed by atoms with E-state index >= 15 is 0 Å². The molecule has 1 unspecified atom stereocenters. The van der Waals surface area contributed by atoms with Crippen molar-refractivity contribution in [3.63, 3.8) is 0 Å². The smallest absolute Gasteiger partial charge is 0.123 e. The molecule has 0 fully saturated rings. The summed E-state index contributed by atoms with van der Waals surface area (Å²) in [7, 11) is 1.69. The molecular formula is C19H25NO. The van der Waals surface area contributed by atoms with Crippen molar-refractivity contribution in [1.82, 2.24) is 0 Å². The van der Waals surface area contributed by atoms with E-state index in [-0.39, 0.29) is 0 Å². The number of hydrogen-bond donors (Lipinski definition) is 1. The first kappa shape index (κ1) is 15.6. The van der Waals surface area contributed by atoms with Crippen LogP contribution in [0.5, 0.6) is 5.75 Å². The molecule has 1 atom stereocenters. The molecule has 21 heavy (non-hydrogen) atoms. The standard InChI is InChI=1S/C19H25NO/c1-13-10-14(2)16(15(3)11-13)12-19(4,20)17-8-6-7-9-18(17)21-5/h6-11H,12,20H2,1-5H3. The summed E-state index contributed by atoms with van der Waals surface area (Å²) in [6.07, 6.45) is 0.797. The van der Waals surface area contributed by atoms with Gasteiger partial charge in [0.15, 0.2) is 0 Å². The summed E-state index contributed by atoms with van der Waals surface area (Å²) in [5.74, 6) is 0.852. The van der Waals surface area contributed by atoms with Gasteiger partial charge in [-0.15, -0.1) is 0 Å². The summed E-state index contributed by atoms with van der Waals surface area (Å²) in [5, 5.41) is 0. The molecule has 2 nitrogen and oxygen atoms in total. The summed E-state index contributed by atoms with van der Waals surface area (Å²) in [6.45, 7) is 8.52. The highest BCUT2D eigenvalue weighted by Crippen LogP contribution is 2.32. The minimum absolute atomic E-state index is 0.461. The van der Waals surface area contributed by atoms with Gasteiger partial charge in [-0.2, -0.15) is 0 Å². The molecule has 112 valence electrons. The maximum absolute atomic E-state index is 6.64. The van der Waals surface area contributed by atoms with Gasteiger partial charge in [-0.1, -0.05) is 35.9 Å². The van der Waals surface area contributed by atoms with E-state index < -0.39 is 5.54 Å². The predicted octanol–water partition coefficient (Wildman–Crippen LogP) is 4.04. The lowest BCUT2D eigenvalue weighted by Crippen LogP contribution is -2.36. The van der Waals surface area contributed by atoms with Gasteiger partial charge in [0, 0.05) is 11.1 Å². The monoisotopic (exact) mass is 283 g/mol. The number of aryl methyl sites for hydroxylation is 3. The van der Waals surface area contributed by atoms with Gasteiger partial charge in [0.25, 0.3) is 0 Å². The van der Waals surface area contributed by atoms with Gasteiger partial charge in [0.05, 0.1) is 7.11 Å². The van der Waals surface area contributed by atoms with Gasteiger partial charge in [0.1, 0.15) is 5.75 Å². The molecule has 0 aliphatic rings. The number of benzene rings is 2. The Morgan fingerprint density at radius 1 is 1.05 bits per heavy atom. The van der Waals surface area contributed by atoms with E-state index in [1.165, 1.54) is 22.3 Å². The number of para-hydroxylation sites is 1. The van der Waals surface area contributed by atoms with Crippen LogP contribution in [0.1, 0.15) is 34.7 Å². The van der Waals surface area contributed by atoms with Crippen LogP contribution in [0.15, 0.2) is 36.4 Å². The van der Waals surface area contributed by atoms with Gasteiger partial charge >= 0.3 is 0 Å². The van der Waals surface area contributed by atoms with Crippen molar-refractivity contribution in [2.45, 2.75) is 39.7 Å². The Balaban J connectivity index is 2.42. The lowest BCUT2D eigenvalue weighted by Gasteiger charge is -2.29. The molecule has 2 aromatic carbocycles. The second-order valence-corrected chi connectivity index (χ2v) is 6.17. The van der Waals surface area contributed by atoms with Crippen LogP contribution in [0.4, 0.5) is 0 Å². The van der Waals surface area contributed by atoms with Crippen LogP contribution >= 0.6 is 0 Å². The van der Waals surface area contributed by atoms with Crippen molar-refractivity contribution >= 4 is 0 Å². The third-order valence-electron chi connectivity index (χ3n) is 4.11. The van der Waals surface area contributed by atoms with E-state index in [0.29, 0.717) is 0 Å². The van der Waals surface area contributed by atoms with Gasteiger partial charge < -0.3 is 10.5 Å². The SMILES string of the molecule is COc1ccccc1C(C)(N)Cc1c(C)cc(C)cc1C. The van der Waals surface area contributed by atoms with Crippen LogP contribution in [0, 0.1) is 20.8 Å². The second kappa shape index (κ2) is 5.90. The molecule has 2 N–H and O–H groups in total. The molecule has 0 saturated heterocycles. The molecule has 0 radical (unpaired) electrons. The van der Waals surface area contributed by atoms with Crippen LogP contribution in [0.2, 0.25) is 0 Å². The zero-order chi connectivity index (χ0) is 15.6. The third kappa shape index (κ3) is 3.27. The first-order valence-electron chi connectivity index (χ1n) is 7.34. The summed E-state index contributed by atoms with van der Waals surface area (Å²) in [6, 6.07) is 12.5. The molecule has 0 bridgehead atoms. The molecule has 0 amide bonds. The largest absolute Gasteiger partial charge is 0.496 e. The number of nitrogens with two attached hydrogens (primary N) is 1. The summed E-state index contributed by atoms with van der Waals surface area (Å²) >= 11 is 0. The van der Waals surface area contributed by atoms with Gasteiger partial charge in [-0.3, -0.25) is 0 Å². The van der Waals surface area contributed by atoms with Gasteiger partial charge in [0.2, 0.25) is 0 Å². The molecule has 2 rings (SSSR count). The van der Waals surface area contributed by atoms with E-state index in [1.54, 1.807) is 7.11 Å². The van der Waals surface area contributed by atoms with Crippen LogP contribution in [-0.4, -0.2) is 7.11 Å².